The van der Waals surface area contributed by atoms with Crippen LogP contribution in [0.15, 0.2) is 36.8 Å². The minimum absolute atomic E-state index is 0.240. The van der Waals surface area contributed by atoms with Crippen molar-refractivity contribution >= 4 is 17.2 Å². The van der Waals surface area contributed by atoms with E-state index in [9.17, 15) is 4.39 Å². The SMILES string of the molecule is Cc1cc(C(C)N2CC=C(c3cnc(NCc4c(F)ccc5c4CCO5)n4cnnc34)CC2)n(C)n1. The van der Waals surface area contributed by atoms with E-state index >= 15 is 0 Å². The lowest BCUT2D eigenvalue weighted by Crippen LogP contribution is -2.32. The predicted octanol–water partition coefficient (Wildman–Crippen LogP) is 3.70. The van der Waals surface area contributed by atoms with Crippen molar-refractivity contribution in [3.8, 4) is 5.75 Å². The van der Waals surface area contributed by atoms with Crippen LogP contribution >= 0.6 is 0 Å². The summed E-state index contributed by atoms with van der Waals surface area (Å²) in [4.78, 5) is 7.11. The van der Waals surface area contributed by atoms with E-state index in [1.54, 1.807) is 12.4 Å². The number of aryl methyl sites for hydroxylation is 2. The molecule has 5 heterocycles. The molecule has 9 nitrogen and oxygen atoms in total. The molecule has 1 atom stereocenters. The molecule has 0 fully saturated rings. The average Bonchev–Trinajstić information content (AvgIpc) is 3.63. The molecule has 2 aliphatic heterocycles. The summed E-state index contributed by atoms with van der Waals surface area (Å²) >= 11 is 0. The van der Waals surface area contributed by atoms with Gasteiger partial charge in [-0.2, -0.15) is 5.10 Å². The van der Waals surface area contributed by atoms with Gasteiger partial charge in [-0.05, 0) is 44.0 Å². The lowest BCUT2D eigenvalue weighted by atomic mass is 10.00. The van der Waals surface area contributed by atoms with Crippen LogP contribution < -0.4 is 10.1 Å². The van der Waals surface area contributed by atoms with E-state index in [2.05, 4.69) is 49.6 Å². The quantitative estimate of drug-likeness (QED) is 0.443. The molecule has 1 N–H and O–H groups in total. The fourth-order valence-electron chi connectivity index (χ4n) is 5.34. The maximum absolute atomic E-state index is 14.6. The van der Waals surface area contributed by atoms with Crippen LogP contribution in [-0.2, 0) is 20.0 Å². The first-order chi connectivity index (χ1) is 17.5. The van der Waals surface area contributed by atoms with Crippen LogP contribution in [0.5, 0.6) is 5.75 Å². The van der Waals surface area contributed by atoms with Gasteiger partial charge >= 0.3 is 0 Å². The first-order valence-corrected chi connectivity index (χ1v) is 12.3. The molecule has 4 aromatic rings. The van der Waals surface area contributed by atoms with Gasteiger partial charge in [-0.1, -0.05) is 6.08 Å². The Hall–Kier alpha value is -3.79. The number of hydrogen-bond donors (Lipinski definition) is 1. The van der Waals surface area contributed by atoms with Gasteiger partial charge in [0, 0.05) is 62.0 Å². The highest BCUT2D eigenvalue weighted by molar-refractivity contribution is 5.76. The van der Waals surface area contributed by atoms with Crippen LogP contribution in [0.4, 0.5) is 10.3 Å². The summed E-state index contributed by atoms with van der Waals surface area (Å²) in [5.74, 6) is 1.10. The fraction of sp³-hybridized carbons (Fsp3) is 0.385. The molecule has 1 unspecified atom stereocenters. The standard InChI is InChI=1S/C26H29FN8O/c1-16-12-23(33(3)32-16)17(2)34-9-6-18(7-10-34)20-13-28-26(35-15-30-31-25(20)35)29-14-21-19-8-11-36-24(19)5-4-22(21)27/h4-6,12-13,15,17H,7-11,14H2,1-3H3,(H,28,29). The number of rotatable bonds is 6. The van der Waals surface area contributed by atoms with Crippen molar-refractivity contribution in [1.29, 1.82) is 0 Å². The summed E-state index contributed by atoms with van der Waals surface area (Å²) in [6.45, 7) is 6.91. The van der Waals surface area contributed by atoms with E-state index in [0.717, 1.165) is 47.7 Å². The molecule has 0 saturated carbocycles. The molecule has 10 heteroatoms. The van der Waals surface area contributed by atoms with Crippen LogP contribution in [0.3, 0.4) is 0 Å². The van der Waals surface area contributed by atoms with Crippen molar-refractivity contribution in [1.82, 2.24) is 34.3 Å². The molecule has 36 heavy (non-hydrogen) atoms. The Kier molecular flexibility index (Phi) is 5.67. The van der Waals surface area contributed by atoms with E-state index in [0.29, 0.717) is 31.1 Å². The first kappa shape index (κ1) is 22.7. The zero-order chi connectivity index (χ0) is 24.8. The smallest absolute Gasteiger partial charge is 0.210 e. The molecule has 1 aromatic carbocycles. The van der Waals surface area contributed by atoms with Gasteiger partial charge in [-0.3, -0.25) is 14.0 Å². The topological polar surface area (TPSA) is 85.4 Å². The normalized spacial score (nSPS) is 16.6. The molecule has 0 saturated heterocycles. The number of fused-ring (bicyclic) bond motifs is 2. The molecule has 0 radical (unpaired) electrons. The first-order valence-electron chi connectivity index (χ1n) is 12.3. The van der Waals surface area contributed by atoms with Crippen molar-refractivity contribution in [3.63, 3.8) is 0 Å². The zero-order valence-corrected chi connectivity index (χ0v) is 20.7. The van der Waals surface area contributed by atoms with Gasteiger partial charge in [-0.15, -0.1) is 10.2 Å². The molecule has 0 aliphatic carbocycles. The van der Waals surface area contributed by atoms with Crippen LogP contribution in [0.1, 0.15) is 47.5 Å². The van der Waals surface area contributed by atoms with Crippen LogP contribution in [0.2, 0.25) is 0 Å². The summed E-state index contributed by atoms with van der Waals surface area (Å²) in [5.41, 5.74) is 6.71. The summed E-state index contributed by atoms with van der Waals surface area (Å²) in [6.07, 6.45) is 7.34. The maximum atomic E-state index is 14.6. The molecule has 2 aliphatic rings. The maximum Gasteiger partial charge on any atom is 0.210 e. The Balaban J connectivity index is 1.21. The van der Waals surface area contributed by atoms with E-state index in [1.807, 2.05) is 29.3 Å². The Morgan fingerprint density at radius 1 is 1.25 bits per heavy atom. The van der Waals surface area contributed by atoms with Crippen LogP contribution in [0, 0.1) is 12.7 Å². The van der Waals surface area contributed by atoms with Crippen molar-refractivity contribution in [2.75, 3.05) is 25.0 Å². The molecule has 3 aromatic heterocycles. The second-order valence-electron chi connectivity index (χ2n) is 9.46. The van der Waals surface area contributed by atoms with E-state index in [-0.39, 0.29) is 11.9 Å². The van der Waals surface area contributed by atoms with Gasteiger partial charge in [0.1, 0.15) is 17.9 Å². The van der Waals surface area contributed by atoms with E-state index in [4.69, 9.17) is 4.74 Å². The lowest BCUT2D eigenvalue weighted by molar-refractivity contribution is 0.224. The Morgan fingerprint density at radius 3 is 2.92 bits per heavy atom. The van der Waals surface area contributed by atoms with E-state index in [1.165, 1.54) is 17.3 Å². The Labute approximate surface area is 208 Å². The van der Waals surface area contributed by atoms with Gasteiger partial charge in [0.15, 0.2) is 5.65 Å². The number of aromatic nitrogens is 6. The number of ether oxygens (including phenoxy) is 1. The summed E-state index contributed by atoms with van der Waals surface area (Å²) in [6, 6.07) is 5.59. The Morgan fingerprint density at radius 2 is 2.14 bits per heavy atom. The summed E-state index contributed by atoms with van der Waals surface area (Å²) in [5, 5.41) is 16.3. The van der Waals surface area contributed by atoms with Gasteiger partial charge in [-0.25, -0.2) is 9.37 Å². The minimum Gasteiger partial charge on any atom is -0.493 e. The molecule has 6 rings (SSSR count). The predicted molar refractivity (Wildman–Crippen MR) is 134 cm³/mol. The van der Waals surface area contributed by atoms with Gasteiger partial charge in [0.2, 0.25) is 5.95 Å². The lowest BCUT2D eigenvalue weighted by Gasteiger charge is -2.32. The number of hydrogen-bond acceptors (Lipinski definition) is 7. The second-order valence-corrected chi connectivity index (χ2v) is 9.46. The fourth-order valence-corrected chi connectivity index (χ4v) is 5.34. The number of halogens is 1. The van der Waals surface area contributed by atoms with Crippen molar-refractivity contribution in [2.24, 2.45) is 7.05 Å². The van der Waals surface area contributed by atoms with Crippen molar-refractivity contribution in [3.05, 3.63) is 70.7 Å². The summed E-state index contributed by atoms with van der Waals surface area (Å²) in [7, 11) is 2.00. The number of nitrogens with zero attached hydrogens (tertiary/aromatic N) is 7. The average molecular weight is 489 g/mol. The van der Waals surface area contributed by atoms with Gasteiger partial charge < -0.3 is 10.1 Å². The molecule has 0 amide bonds. The summed E-state index contributed by atoms with van der Waals surface area (Å²) < 4.78 is 24.0. The zero-order valence-electron chi connectivity index (χ0n) is 20.7. The van der Waals surface area contributed by atoms with Crippen molar-refractivity contribution < 1.29 is 9.13 Å². The number of nitrogens with one attached hydrogen (secondary N) is 1. The highest BCUT2D eigenvalue weighted by Crippen LogP contribution is 2.32. The molecule has 0 spiro atoms. The monoisotopic (exact) mass is 488 g/mol. The Bertz CT molecular complexity index is 1470. The molecular formula is C26H29FN8O. The molecule has 0 bridgehead atoms. The van der Waals surface area contributed by atoms with Crippen molar-refractivity contribution in [2.45, 2.75) is 39.3 Å². The largest absolute Gasteiger partial charge is 0.493 e. The van der Waals surface area contributed by atoms with Crippen LogP contribution in [-0.4, -0.2) is 54.0 Å². The third-order valence-electron chi connectivity index (χ3n) is 7.30. The minimum atomic E-state index is -0.240. The third-order valence-corrected chi connectivity index (χ3v) is 7.30. The van der Waals surface area contributed by atoms with Gasteiger partial charge in [0.25, 0.3) is 0 Å². The highest BCUT2D eigenvalue weighted by Gasteiger charge is 2.24. The molecular weight excluding hydrogens is 459 g/mol. The molecule has 186 valence electrons. The third kappa shape index (κ3) is 3.91. The van der Waals surface area contributed by atoms with Gasteiger partial charge in [0.05, 0.1) is 18.0 Å². The highest BCUT2D eigenvalue weighted by atomic mass is 19.1. The second kappa shape index (κ2) is 9.02. The number of anilines is 1. The number of benzene rings is 1. The van der Waals surface area contributed by atoms with E-state index < -0.39 is 0 Å². The van der Waals surface area contributed by atoms with Crippen LogP contribution in [0.25, 0.3) is 11.2 Å².